The first-order chi connectivity index (χ1) is 25.3. The molecule has 8 rings (SSSR count). The van der Waals surface area contributed by atoms with Crippen molar-refractivity contribution in [2.75, 3.05) is 28.4 Å². The minimum atomic E-state index is 0. The molecular weight excluding hydrogens is 756 g/mol. The van der Waals surface area contributed by atoms with Crippen LogP contribution in [0.5, 0.6) is 46.0 Å². The van der Waals surface area contributed by atoms with Gasteiger partial charge in [-0.15, -0.1) is 0 Å². The van der Waals surface area contributed by atoms with Crippen molar-refractivity contribution in [3.05, 3.63) is 122 Å². The molecule has 53 heavy (non-hydrogen) atoms. The van der Waals surface area contributed by atoms with Gasteiger partial charge in [0, 0.05) is 72.5 Å². The average Bonchev–Trinajstić information content (AvgIpc) is 3.20. The fourth-order valence-corrected chi connectivity index (χ4v) is 5.24. The SMILES string of the molecule is COc1ccc(O)c2ncccc12.COc1ccc(O)c2ncccc12.COc1ccc(O)c2ncccc12.COc1ccc(O)c2ncccc12.[Zr]. The van der Waals surface area contributed by atoms with Crippen LogP contribution in [0.1, 0.15) is 0 Å². The van der Waals surface area contributed by atoms with Crippen LogP contribution < -0.4 is 18.9 Å². The minimum Gasteiger partial charge on any atom is -0.506 e. The van der Waals surface area contributed by atoms with Gasteiger partial charge in [-0.3, -0.25) is 19.9 Å². The van der Waals surface area contributed by atoms with E-state index in [9.17, 15) is 20.4 Å². The first kappa shape index (κ1) is 39.6. The molecule has 0 spiro atoms. The maximum Gasteiger partial charge on any atom is 0.142 e. The summed E-state index contributed by atoms with van der Waals surface area (Å²) >= 11 is 0. The van der Waals surface area contributed by atoms with Crippen LogP contribution in [-0.2, 0) is 26.2 Å². The van der Waals surface area contributed by atoms with E-state index in [0.29, 0.717) is 22.1 Å². The maximum absolute atomic E-state index is 9.47. The molecule has 0 amide bonds. The number of ether oxygens (including phenoxy) is 4. The van der Waals surface area contributed by atoms with Gasteiger partial charge in [-0.05, 0) is 97.1 Å². The third kappa shape index (κ3) is 9.19. The number of nitrogens with zero attached hydrogens (tertiary/aromatic N) is 4. The first-order valence-corrected chi connectivity index (χ1v) is 15.7. The normalized spacial score (nSPS) is 10.0. The van der Waals surface area contributed by atoms with Crippen LogP contribution in [0.3, 0.4) is 0 Å². The Morgan fingerprint density at radius 3 is 0.736 bits per heavy atom. The molecule has 0 unspecified atom stereocenters. The van der Waals surface area contributed by atoms with Gasteiger partial charge in [-0.25, -0.2) is 0 Å². The van der Waals surface area contributed by atoms with Crippen LogP contribution in [0.2, 0.25) is 0 Å². The van der Waals surface area contributed by atoms with Crippen molar-refractivity contribution < 1.29 is 65.6 Å². The summed E-state index contributed by atoms with van der Waals surface area (Å²) in [6, 6.07) is 27.9. The van der Waals surface area contributed by atoms with E-state index in [1.807, 2.05) is 48.5 Å². The molecule has 0 fully saturated rings. The summed E-state index contributed by atoms with van der Waals surface area (Å²) in [5.74, 6) is 3.60. The van der Waals surface area contributed by atoms with Crippen LogP contribution in [0.4, 0.5) is 0 Å². The predicted octanol–water partition coefficient (Wildman–Crippen LogP) is 7.79. The first-order valence-electron chi connectivity index (χ1n) is 15.7. The number of methoxy groups -OCH3 is 4. The number of benzene rings is 4. The number of phenolic OH excluding ortho intramolecular Hbond substituents is 4. The quantitative estimate of drug-likeness (QED) is 0.137. The molecule has 0 radical (unpaired) electrons. The molecule has 4 N–H and O–H groups in total. The minimum absolute atomic E-state index is 0. The molecule has 0 aliphatic carbocycles. The standard InChI is InChI=1S/4C10H9NO2.Zr/c4*1-13-9-5-4-8(12)10-7(9)3-2-6-11-10;/h4*2-6,12H,1H3;. The second-order valence-corrected chi connectivity index (χ2v) is 10.7. The van der Waals surface area contributed by atoms with Gasteiger partial charge in [0.2, 0.25) is 0 Å². The van der Waals surface area contributed by atoms with Gasteiger partial charge in [-0.1, -0.05) is 0 Å². The van der Waals surface area contributed by atoms with Crippen LogP contribution >= 0.6 is 0 Å². The monoisotopic (exact) mass is 790 g/mol. The molecule has 0 bridgehead atoms. The van der Waals surface area contributed by atoms with Gasteiger partial charge in [0.05, 0.1) is 28.4 Å². The van der Waals surface area contributed by atoms with Crippen LogP contribution in [0.15, 0.2) is 122 Å². The van der Waals surface area contributed by atoms with E-state index in [-0.39, 0.29) is 49.2 Å². The van der Waals surface area contributed by atoms with Crippen molar-refractivity contribution in [3.63, 3.8) is 0 Å². The van der Waals surface area contributed by atoms with Crippen molar-refractivity contribution in [1.29, 1.82) is 0 Å². The summed E-state index contributed by atoms with van der Waals surface area (Å²) in [4.78, 5) is 16.2. The van der Waals surface area contributed by atoms with Crippen molar-refractivity contribution in [2.24, 2.45) is 0 Å². The van der Waals surface area contributed by atoms with Crippen LogP contribution in [-0.4, -0.2) is 68.8 Å². The average molecular weight is 792 g/mol. The molecule has 4 aromatic carbocycles. The maximum atomic E-state index is 9.47. The number of fused-ring (bicyclic) bond motifs is 4. The van der Waals surface area contributed by atoms with Gasteiger partial charge < -0.3 is 39.4 Å². The molecule has 13 heteroatoms. The number of hydrogen-bond acceptors (Lipinski definition) is 12. The van der Waals surface area contributed by atoms with E-state index in [1.54, 1.807) is 102 Å². The number of hydrogen-bond donors (Lipinski definition) is 4. The zero-order valence-corrected chi connectivity index (χ0v) is 31.7. The molecule has 8 aromatic rings. The van der Waals surface area contributed by atoms with E-state index >= 15 is 0 Å². The molecule has 0 atom stereocenters. The fraction of sp³-hybridized carbons (Fsp3) is 0.100. The third-order valence-corrected chi connectivity index (χ3v) is 7.71. The molecule has 268 valence electrons. The summed E-state index contributed by atoms with van der Waals surface area (Å²) in [7, 11) is 6.38. The van der Waals surface area contributed by atoms with Crippen molar-refractivity contribution >= 4 is 43.6 Å². The van der Waals surface area contributed by atoms with Crippen molar-refractivity contribution in [3.8, 4) is 46.0 Å². The van der Waals surface area contributed by atoms with Crippen molar-refractivity contribution in [1.82, 2.24) is 19.9 Å². The zero-order valence-electron chi connectivity index (χ0n) is 29.3. The zero-order chi connectivity index (χ0) is 37.0. The summed E-state index contributed by atoms with van der Waals surface area (Å²) < 4.78 is 20.5. The summed E-state index contributed by atoms with van der Waals surface area (Å²) in [6.45, 7) is 0. The number of pyridine rings is 4. The van der Waals surface area contributed by atoms with Crippen LogP contribution in [0, 0.1) is 0 Å². The molecule has 4 heterocycles. The molecule has 4 aromatic heterocycles. The molecule has 0 saturated carbocycles. The number of aromatic nitrogens is 4. The predicted molar refractivity (Wildman–Crippen MR) is 200 cm³/mol. The summed E-state index contributed by atoms with van der Waals surface area (Å²) in [6.07, 6.45) is 6.56. The number of aromatic hydroxyl groups is 4. The Balaban J connectivity index is 0.000000157. The summed E-state index contributed by atoms with van der Waals surface area (Å²) in [5, 5.41) is 41.2. The van der Waals surface area contributed by atoms with Gasteiger partial charge in [0.1, 0.15) is 68.1 Å². The Hall–Kier alpha value is -6.20. The Labute approximate surface area is 324 Å². The van der Waals surface area contributed by atoms with Gasteiger partial charge in [-0.2, -0.15) is 0 Å². The second-order valence-electron chi connectivity index (χ2n) is 10.7. The smallest absolute Gasteiger partial charge is 0.142 e. The summed E-state index contributed by atoms with van der Waals surface area (Å²) in [5.41, 5.74) is 2.28. The van der Waals surface area contributed by atoms with E-state index in [2.05, 4.69) is 19.9 Å². The van der Waals surface area contributed by atoms with Crippen molar-refractivity contribution in [2.45, 2.75) is 0 Å². The Kier molecular flexibility index (Phi) is 14.1. The van der Waals surface area contributed by atoms with Gasteiger partial charge in [0.25, 0.3) is 0 Å². The molecule has 0 saturated heterocycles. The number of phenols is 4. The molecule has 0 aliphatic heterocycles. The number of rotatable bonds is 4. The van der Waals surface area contributed by atoms with E-state index in [0.717, 1.165) is 44.5 Å². The van der Waals surface area contributed by atoms with E-state index < -0.39 is 0 Å². The Bertz CT molecular complexity index is 2110. The van der Waals surface area contributed by atoms with Crippen LogP contribution in [0.25, 0.3) is 43.6 Å². The molecule has 12 nitrogen and oxygen atoms in total. The van der Waals surface area contributed by atoms with E-state index in [1.165, 1.54) is 0 Å². The van der Waals surface area contributed by atoms with E-state index in [4.69, 9.17) is 18.9 Å². The molecular formula is C40H36N4O8Zr. The third-order valence-electron chi connectivity index (χ3n) is 7.71. The fourth-order valence-electron chi connectivity index (χ4n) is 5.24. The topological polar surface area (TPSA) is 169 Å². The van der Waals surface area contributed by atoms with Gasteiger partial charge in [0.15, 0.2) is 0 Å². The second kappa shape index (κ2) is 18.9. The Morgan fingerprint density at radius 2 is 0.547 bits per heavy atom. The van der Waals surface area contributed by atoms with Gasteiger partial charge >= 0.3 is 0 Å². The Morgan fingerprint density at radius 1 is 0.340 bits per heavy atom. The largest absolute Gasteiger partial charge is 0.506 e. The molecule has 0 aliphatic rings.